The number of nitrogens with one attached hydrogen (secondary N) is 1. The molecule has 1 N–H and O–H groups in total. The third-order valence-corrected chi connectivity index (χ3v) is 6.27. The highest BCUT2D eigenvalue weighted by atomic mass is 79.9. The summed E-state index contributed by atoms with van der Waals surface area (Å²) >= 11 is 3.52. The Morgan fingerprint density at radius 2 is 2.12 bits per heavy atom. The van der Waals surface area contributed by atoms with Gasteiger partial charge in [-0.05, 0) is 50.0 Å². The van der Waals surface area contributed by atoms with Gasteiger partial charge in [-0.25, -0.2) is 4.79 Å². The van der Waals surface area contributed by atoms with Crippen LogP contribution in [0.25, 0.3) is 0 Å². The number of ether oxygens (including phenoxy) is 2. The Morgan fingerprint density at radius 1 is 1.36 bits per heavy atom. The number of rotatable bonds is 2. The van der Waals surface area contributed by atoms with Gasteiger partial charge in [0.25, 0.3) is 0 Å². The van der Waals surface area contributed by atoms with Gasteiger partial charge in [0, 0.05) is 22.0 Å². The van der Waals surface area contributed by atoms with Crippen molar-refractivity contribution in [2.45, 2.75) is 38.8 Å². The molecule has 1 amide bonds. The van der Waals surface area contributed by atoms with Crippen molar-refractivity contribution in [3.63, 3.8) is 0 Å². The second-order valence-electron chi connectivity index (χ2n) is 8.12. The van der Waals surface area contributed by atoms with Crippen molar-refractivity contribution in [2.75, 3.05) is 26.2 Å². The summed E-state index contributed by atoms with van der Waals surface area (Å²) in [6, 6.07) is 5.79. The molecular weight excluding hydrogens is 384 g/mol. The van der Waals surface area contributed by atoms with E-state index < -0.39 is 0 Å². The predicted octanol–water partition coefficient (Wildman–Crippen LogP) is 3.73. The Balaban J connectivity index is 1.49. The number of benzene rings is 1. The number of fused-ring (bicyclic) bond motifs is 4. The van der Waals surface area contributed by atoms with E-state index in [0.29, 0.717) is 12.5 Å². The summed E-state index contributed by atoms with van der Waals surface area (Å²) in [4.78, 5) is 15.0. The van der Waals surface area contributed by atoms with Gasteiger partial charge in [-0.2, -0.15) is 0 Å². The zero-order chi connectivity index (χ0) is 17.6. The summed E-state index contributed by atoms with van der Waals surface area (Å²) in [5.74, 6) is 1.34. The molecule has 0 aromatic heterocycles. The van der Waals surface area contributed by atoms with Crippen LogP contribution in [0, 0.1) is 11.3 Å². The first-order valence-electron chi connectivity index (χ1n) is 9.04. The zero-order valence-corrected chi connectivity index (χ0v) is 16.3. The quantitative estimate of drug-likeness (QED) is 0.809. The molecule has 0 spiro atoms. The normalized spacial score (nSPS) is 32.4. The lowest BCUT2D eigenvalue weighted by Gasteiger charge is -2.44. The number of carbonyl (C=O) groups excluding carboxylic acids is 1. The van der Waals surface area contributed by atoms with Crippen LogP contribution in [0.5, 0.6) is 5.75 Å². The molecule has 4 aliphatic rings. The standard InChI is InChI=1S/C19H25BrN2O3/c1-19(2)11-24-15-4-3-13(20)9-14(15)17(19)21-18(23)25-16-10-22-7-5-12(16)6-8-22/h3-4,9,12,16-17H,5-8,10-11H2,1-2H3,(H,21,23)/t16-,17?/m0/s1. The minimum Gasteiger partial charge on any atom is -0.493 e. The highest BCUT2D eigenvalue weighted by Gasteiger charge is 2.41. The summed E-state index contributed by atoms with van der Waals surface area (Å²) < 4.78 is 12.7. The van der Waals surface area contributed by atoms with Crippen LogP contribution in [0.3, 0.4) is 0 Å². The Kier molecular flexibility index (Phi) is 4.44. The molecule has 0 aliphatic carbocycles. The van der Waals surface area contributed by atoms with E-state index in [4.69, 9.17) is 9.47 Å². The van der Waals surface area contributed by atoms with Crippen molar-refractivity contribution < 1.29 is 14.3 Å². The summed E-state index contributed by atoms with van der Waals surface area (Å²) in [6.07, 6.45) is 1.98. The number of nitrogens with zero attached hydrogens (tertiary/aromatic N) is 1. The Morgan fingerprint density at radius 3 is 2.80 bits per heavy atom. The minimum atomic E-state index is -0.315. The third kappa shape index (κ3) is 3.38. The van der Waals surface area contributed by atoms with Crippen molar-refractivity contribution in [2.24, 2.45) is 11.3 Å². The number of halogens is 1. The number of alkyl carbamates (subject to hydrolysis) is 1. The van der Waals surface area contributed by atoms with Gasteiger partial charge in [-0.3, -0.25) is 4.90 Å². The van der Waals surface area contributed by atoms with Crippen LogP contribution in [0.2, 0.25) is 0 Å². The molecule has 4 heterocycles. The van der Waals surface area contributed by atoms with E-state index in [2.05, 4.69) is 40.0 Å². The molecule has 1 unspecified atom stereocenters. The summed E-state index contributed by atoms with van der Waals surface area (Å²) in [5.41, 5.74) is 0.790. The molecule has 5 nitrogen and oxygen atoms in total. The summed E-state index contributed by atoms with van der Waals surface area (Å²) in [5, 5.41) is 3.12. The maximum absolute atomic E-state index is 12.6. The van der Waals surface area contributed by atoms with Gasteiger partial charge < -0.3 is 14.8 Å². The van der Waals surface area contributed by atoms with Crippen LogP contribution < -0.4 is 10.1 Å². The number of piperidine rings is 3. The minimum absolute atomic E-state index is 0.0208. The first-order valence-corrected chi connectivity index (χ1v) is 9.83. The van der Waals surface area contributed by atoms with Crippen LogP contribution in [0.4, 0.5) is 4.79 Å². The molecule has 2 bridgehead atoms. The second-order valence-corrected chi connectivity index (χ2v) is 9.03. The Labute approximate surface area is 157 Å². The molecule has 1 aromatic carbocycles. The number of carbonyl (C=O) groups is 1. The van der Waals surface area contributed by atoms with E-state index in [1.165, 1.54) is 0 Å². The molecule has 136 valence electrons. The largest absolute Gasteiger partial charge is 0.493 e. The monoisotopic (exact) mass is 408 g/mol. The van der Waals surface area contributed by atoms with Gasteiger partial charge in [-0.15, -0.1) is 0 Å². The average Bonchev–Trinajstić information content (AvgIpc) is 2.59. The molecule has 3 fully saturated rings. The second kappa shape index (κ2) is 6.47. The van der Waals surface area contributed by atoms with Crippen LogP contribution in [0.1, 0.15) is 38.3 Å². The van der Waals surface area contributed by atoms with Gasteiger partial charge in [0.15, 0.2) is 0 Å². The number of hydrogen-bond donors (Lipinski definition) is 1. The lowest BCUT2D eigenvalue weighted by atomic mass is 9.79. The van der Waals surface area contributed by atoms with Crippen molar-refractivity contribution in [3.8, 4) is 5.75 Å². The highest BCUT2D eigenvalue weighted by molar-refractivity contribution is 9.10. The SMILES string of the molecule is CC1(C)COc2ccc(Br)cc2C1NC(=O)O[C@H]1CN2CCC1CC2. The summed E-state index contributed by atoms with van der Waals surface area (Å²) in [7, 11) is 0. The fraction of sp³-hybridized carbons (Fsp3) is 0.632. The maximum atomic E-state index is 12.6. The number of hydrogen-bond acceptors (Lipinski definition) is 4. The van der Waals surface area contributed by atoms with Crippen molar-refractivity contribution in [1.29, 1.82) is 0 Å². The smallest absolute Gasteiger partial charge is 0.407 e. The predicted molar refractivity (Wildman–Crippen MR) is 98.7 cm³/mol. The average molecular weight is 409 g/mol. The van der Waals surface area contributed by atoms with Gasteiger partial charge in [0.1, 0.15) is 11.9 Å². The molecule has 0 saturated carbocycles. The highest BCUT2D eigenvalue weighted by Crippen LogP contribution is 2.43. The molecule has 6 heteroatoms. The third-order valence-electron chi connectivity index (χ3n) is 5.78. The molecule has 0 radical (unpaired) electrons. The van der Waals surface area contributed by atoms with Crippen molar-refractivity contribution in [3.05, 3.63) is 28.2 Å². The van der Waals surface area contributed by atoms with Gasteiger partial charge in [0.2, 0.25) is 0 Å². The molecule has 1 aromatic rings. The fourth-order valence-electron chi connectivity index (χ4n) is 4.25. The first-order chi connectivity index (χ1) is 11.9. The Hall–Kier alpha value is -1.27. The van der Waals surface area contributed by atoms with Crippen LogP contribution in [0.15, 0.2) is 22.7 Å². The van der Waals surface area contributed by atoms with Crippen LogP contribution in [-0.4, -0.2) is 43.3 Å². The summed E-state index contributed by atoms with van der Waals surface area (Å²) in [6.45, 7) is 7.93. The fourth-order valence-corrected chi connectivity index (χ4v) is 4.63. The molecular formula is C19H25BrN2O3. The lowest BCUT2D eigenvalue weighted by molar-refractivity contribution is -0.0361. The van der Waals surface area contributed by atoms with E-state index in [-0.39, 0.29) is 23.7 Å². The van der Waals surface area contributed by atoms with Crippen molar-refractivity contribution in [1.82, 2.24) is 10.2 Å². The molecule has 25 heavy (non-hydrogen) atoms. The molecule has 5 rings (SSSR count). The van der Waals surface area contributed by atoms with Gasteiger partial charge in [-0.1, -0.05) is 29.8 Å². The lowest BCUT2D eigenvalue weighted by Crippen LogP contribution is -2.53. The first kappa shape index (κ1) is 17.2. The van der Waals surface area contributed by atoms with E-state index in [0.717, 1.165) is 48.3 Å². The Bertz CT molecular complexity index is 671. The van der Waals surface area contributed by atoms with Crippen LogP contribution in [-0.2, 0) is 4.74 Å². The zero-order valence-electron chi connectivity index (χ0n) is 14.8. The molecule has 4 aliphatic heterocycles. The number of amides is 1. The van der Waals surface area contributed by atoms with E-state index >= 15 is 0 Å². The molecule has 3 saturated heterocycles. The topological polar surface area (TPSA) is 50.8 Å². The van der Waals surface area contributed by atoms with E-state index in [1.807, 2.05) is 18.2 Å². The van der Waals surface area contributed by atoms with Crippen molar-refractivity contribution >= 4 is 22.0 Å². The maximum Gasteiger partial charge on any atom is 0.407 e. The van der Waals surface area contributed by atoms with E-state index in [9.17, 15) is 4.79 Å². The van der Waals surface area contributed by atoms with E-state index in [1.54, 1.807) is 0 Å². The van der Waals surface area contributed by atoms with Gasteiger partial charge >= 0.3 is 6.09 Å². The van der Waals surface area contributed by atoms with Crippen LogP contribution >= 0.6 is 15.9 Å². The van der Waals surface area contributed by atoms with Gasteiger partial charge in [0.05, 0.1) is 12.6 Å². The molecule has 2 atom stereocenters.